The molecule has 32 heavy (non-hydrogen) atoms. The van der Waals surface area contributed by atoms with Crippen LogP contribution in [0.25, 0.3) is 22.4 Å². The van der Waals surface area contributed by atoms with Crippen LogP contribution in [0.1, 0.15) is 37.8 Å². The fourth-order valence-electron chi connectivity index (χ4n) is 4.44. The molecule has 8 nitrogen and oxygen atoms in total. The first-order valence-corrected chi connectivity index (χ1v) is 10.8. The molecule has 1 aromatic carbocycles. The highest BCUT2D eigenvalue weighted by molar-refractivity contribution is 6.36. The maximum Gasteiger partial charge on any atom is 0.232 e. The number of carbonyl (C=O) groups is 1. The van der Waals surface area contributed by atoms with Crippen LogP contribution in [0.2, 0.25) is 5.02 Å². The molecule has 0 radical (unpaired) electrons. The van der Waals surface area contributed by atoms with Crippen LogP contribution in [0.15, 0.2) is 35.6 Å². The minimum atomic E-state index is -0.671. The maximum absolute atomic E-state index is 15.0. The zero-order valence-corrected chi connectivity index (χ0v) is 18.1. The van der Waals surface area contributed by atoms with Crippen LogP contribution < -0.4 is 5.73 Å². The van der Waals surface area contributed by atoms with E-state index in [-0.39, 0.29) is 41.0 Å². The van der Waals surface area contributed by atoms with Gasteiger partial charge in [-0.2, -0.15) is 0 Å². The van der Waals surface area contributed by atoms with E-state index in [1.165, 1.54) is 6.07 Å². The highest BCUT2D eigenvalue weighted by Crippen LogP contribution is 2.38. The highest BCUT2D eigenvalue weighted by atomic mass is 35.5. The molecule has 166 valence electrons. The Hall–Kier alpha value is -3.04. The second-order valence-corrected chi connectivity index (χ2v) is 8.52. The van der Waals surface area contributed by atoms with E-state index in [1.54, 1.807) is 29.4 Å². The Balaban J connectivity index is 1.51. The van der Waals surface area contributed by atoms with Crippen LogP contribution >= 0.6 is 11.6 Å². The Kier molecular flexibility index (Phi) is 5.30. The number of halogens is 2. The quantitative estimate of drug-likeness (QED) is 0.626. The summed E-state index contributed by atoms with van der Waals surface area (Å²) >= 11 is 6.65. The van der Waals surface area contributed by atoms with E-state index in [0.29, 0.717) is 36.4 Å². The molecule has 1 fully saturated rings. The largest absolute Gasteiger partial charge is 0.378 e. The van der Waals surface area contributed by atoms with Gasteiger partial charge in [0.05, 0.1) is 29.1 Å². The number of aromatic nitrogens is 3. The van der Waals surface area contributed by atoms with Gasteiger partial charge in [0.1, 0.15) is 11.3 Å². The van der Waals surface area contributed by atoms with Crippen molar-refractivity contribution >= 4 is 34.5 Å². The number of nitrogens with zero attached hydrogens (tertiary/aromatic N) is 4. The lowest BCUT2D eigenvalue weighted by Crippen LogP contribution is -2.53. The summed E-state index contributed by atoms with van der Waals surface area (Å²) in [5.41, 5.74) is 7.84. The number of hydrogen-bond acceptors (Lipinski definition) is 6. The summed E-state index contributed by atoms with van der Waals surface area (Å²) in [7, 11) is 0. The van der Waals surface area contributed by atoms with Crippen molar-refractivity contribution in [2.24, 2.45) is 10.7 Å². The van der Waals surface area contributed by atoms with Crippen molar-refractivity contribution in [2.75, 3.05) is 6.61 Å². The number of amides is 1. The molecule has 3 N–H and O–H groups in total. The third-order valence-electron chi connectivity index (χ3n) is 5.99. The number of hydrogen-bond donors (Lipinski definition) is 2. The number of rotatable bonds is 3. The fraction of sp³-hybridized carbons (Fsp3) is 0.364. The summed E-state index contributed by atoms with van der Waals surface area (Å²) in [4.78, 5) is 30.5. The van der Waals surface area contributed by atoms with E-state index < -0.39 is 11.9 Å². The molecule has 0 bridgehead atoms. The summed E-state index contributed by atoms with van der Waals surface area (Å²) < 4.78 is 20.5. The minimum Gasteiger partial charge on any atom is -0.378 e. The molecule has 5 rings (SSSR count). The van der Waals surface area contributed by atoms with Crippen molar-refractivity contribution in [3.63, 3.8) is 0 Å². The predicted molar refractivity (Wildman–Crippen MR) is 119 cm³/mol. The number of aromatic amines is 1. The molecular weight excluding hydrogens is 435 g/mol. The Morgan fingerprint density at radius 3 is 2.84 bits per heavy atom. The van der Waals surface area contributed by atoms with Crippen molar-refractivity contribution in [2.45, 2.75) is 44.4 Å². The van der Waals surface area contributed by atoms with E-state index in [2.05, 4.69) is 19.9 Å². The average molecular weight is 457 g/mol. The molecule has 3 aromatic rings. The highest BCUT2D eigenvalue weighted by Gasteiger charge is 2.36. The molecule has 0 saturated carbocycles. The van der Waals surface area contributed by atoms with Gasteiger partial charge in [-0.3, -0.25) is 14.7 Å². The van der Waals surface area contributed by atoms with Crippen molar-refractivity contribution in [1.82, 2.24) is 19.9 Å². The number of nitrogens with one attached hydrogen (secondary N) is 1. The van der Waals surface area contributed by atoms with Crippen LogP contribution in [0, 0.1) is 5.82 Å². The Bertz CT molecular complexity index is 1210. The van der Waals surface area contributed by atoms with Gasteiger partial charge in [0.15, 0.2) is 11.8 Å². The van der Waals surface area contributed by atoms with Crippen molar-refractivity contribution in [3.8, 4) is 11.4 Å². The van der Waals surface area contributed by atoms with Gasteiger partial charge < -0.3 is 15.5 Å². The maximum atomic E-state index is 15.0. The summed E-state index contributed by atoms with van der Waals surface area (Å²) in [5.74, 6) is -0.0926. The normalized spacial score (nSPS) is 24.1. The molecule has 2 aliphatic heterocycles. The number of ether oxygens (including phenoxy) is 1. The van der Waals surface area contributed by atoms with Gasteiger partial charge in [-0.1, -0.05) is 11.6 Å². The second-order valence-electron chi connectivity index (χ2n) is 8.14. The minimum absolute atomic E-state index is 0.0491. The molecule has 3 atom stereocenters. The molecule has 4 heterocycles. The Morgan fingerprint density at radius 1 is 1.34 bits per heavy atom. The van der Waals surface area contributed by atoms with Gasteiger partial charge in [0.2, 0.25) is 5.91 Å². The zero-order chi connectivity index (χ0) is 22.4. The first-order chi connectivity index (χ1) is 15.4. The number of H-pyrrole nitrogens is 1. The number of nitrogens with two attached hydrogens (primary N) is 1. The smallest absolute Gasteiger partial charge is 0.232 e. The van der Waals surface area contributed by atoms with E-state index >= 15 is 0 Å². The number of fused-ring (bicyclic) bond motifs is 1. The van der Waals surface area contributed by atoms with Crippen molar-refractivity contribution in [1.29, 1.82) is 0 Å². The average Bonchev–Trinajstić information content (AvgIpc) is 3.23. The standard InChI is InChI=1S/C22H22ClFN6O2/c1-11-8-13(4-7-32-11)30-17(31)10-16(27-22(30)25)14-9-15(24)19-20(18(14)23)29-21(28-19)12-2-5-26-6-3-12/h2-3,5-6,9,11,13,16H,4,7-8,10H2,1H3,(H2,25,27)(H,28,29)/t11-,13-,16?/m1/s1. The van der Waals surface area contributed by atoms with Gasteiger partial charge >= 0.3 is 0 Å². The van der Waals surface area contributed by atoms with Gasteiger partial charge in [0, 0.05) is 36.2 Å². The summed E-state index contributed by atoms with van der Waals surface area (Å²) in [6, 6.07) is 4.10. The molecular formula is C22H22ClFN6O2. The molecule has 1 amide bonds. The monoisotopic (exact) mass is 456 g/mol. The lowest BCUT2D eigenvalue weighted by atomic mass is 9.98. The Labute approximate surface area is 188 Å². The number of benzene rings is 1. The summed E-state index contributed by atoms with van der Waals surface area (Å²) in [5, 5.41) is 0.275. The van der Waals surface area contributed by atoms with E-state index in [9.17, 15) is 9.18 Å². The molecule has 1 unspecified atom stereocenters. The summed E-state index contributed by atoms with van der Waals surface area (Å²) in [6.07, 6.45) is 4.75. The first kappa shape index (κ1) is 20.8. The second kappa shape index (κ2) is 8.14. The van der Waals surface area contributed by atoms with Gasteiger partial charge in [-0.15, -0.1) is 0 Å². The van der Waals surface area contributed by atoms with Gasteiger partial charge in [0.25, 0.3) is 0 Å². The van der Waals surface area contributed by atoms with Crippen LogP contribution in [0.3, 0.4) is 0 Å². The lowest BCUT2D eigenvalue weighted by Gasteiger charge is -2.38. The number of imidazole rings is 1. The third kappa shape index (κ3) is 3.61. The molecule has 10 heteroatoms. The topological polar surface area (TPSA) is 109 Å². The number of aliphatic imine (C=N–C) groups is 1. The predicted octanol–water partition coefficient (Wildman–Crippen LogP) is 3.57. The third-order valence-corrected chi connectivity index (χ3v) is 6.40. The van der Waals surface area contributed by atoms with E-state index in [1.807, 2.05) is 6.92 Å². The van der Waals surface area contributed by atoms with E-state index in [0.717, 1.165) is 5.56 Å². The van der Waals surface area contributed by atoms with Crippen LogP contribution in [0.4, 0.5) is 4.39 Å². The van der Waals surface area contributed by atoms with Crippen LogP contribution in [0.5, 0.6) is 0 Å². The van der Waals surface area contributed by atoms with Crippen molar-refractivity contribution in [3.05, 3.63) is 47.0 Å². The molecule has 1 saturated heterocycles. The van der Waals surface area contributed by atoms with Crippen LogP contribution in [-0.2, 0) is 9.53 Å². The van der Waals surface area contributed by atoms with Crippen molar-refractivity contribution < 1.29 is 13.9 Å². The van der Waals surface area contributed by atoms with Crippen LogP contribution in [-0.4, -0.2) is 50.5 Å². The molecule has 0 aliphatic carbocycles. The van der Waals surface area contributed by atoms with Gasteiger partial charge in [-0.25, -0.2) is 14.4 Å². The fourth-order valence-corrected chi connectivity index (χ4v) is 4.76. The van der Waals surface area contributed by atoms with Gasteiger partial charge in [-0.05, 0) is 38.0 Å². The van der Waals surface area contributed by atoms with E-state index in [4.69, 9.17) is 22.1 Å². The molecule has 0 spiro atoms. The SMILES string of the molecule is C[C@@H]1C[C@H](N2C(=O)CC(c3cc(F)c4nc(-c5ccncc5)[nH]c4c3Cl)N=C2N)CCO1. The Morgan fingerprint density at radius 2 is 2.12 bits per heavy atom. The number of carbonyl (C=O) groups excluding carboxylic acids is 1. The molecule has 2 aliphatic rings. The number of guanidine groups is 1. The molecule has 2 aromatic heterocycles. The lowest BCUT2D eigenvalue weighted by molar-refractivity contribution is -0.132. The summed E-state index contributed by atoms with van der Waals surface area (Å²) in [6.45, 7) is 2.54. The first-order valence-electron chi connectivity index (χ1n) is 10.5. The number of pyridine rings is 1. The zero-order valence-electron chi connectivity index (χ0n) is 17.4.